The fourth-order valence-electron chi connectivity index (χ4n) is 1.81. The van der Waals surface area contributed by atoms with Crippen LogP contribution in [0.5, 0.6) is 0 Å². The van der Waals surface area contributed by atoms with Gasteiger partial charge in [0.2, 0.25) is 5.95 Å². The number of hydrogen-bond donors (Lipinski definition) is 2. The minimum absolute atomic E-state index is 0.517. The summed E-state index contributed by atoms with van der Waals surface area (Å²) in [4.78, 5) is 3.61. The number of aromatic nitrogens is 1. The normalized spacial score (nSPS) is 11.6. The van der Waals surface area contributed by atoms with Crippen molar-refractivity contribution in [2.75, 3.05) is 5.73 Å². The molecule has 0 saturated carbocycles. The van der Waals surface area contributed by atoms with E-state index in [4.69, 9.17) is 5.73 Å². The van der Waals surface area contributed by atoms with E-state index in [9.17, 15) is 9.50 Å². The number of nitrogens with two attached hydrogens (primary N) is 1. The topological polar surface area (TPSA) is 59.1 Å². The second kappa shape index (κ2) is 4.38. The zero-order valence-corrected chi connectivity index (χ0v) is 10.3. The Bertz CT molecular complexity index is 559. The van der Waals surface area contributed by atoms with E-state index in [1.165, 1.54) is 12.3 Å². The molecular formula is C14H15FN2O. The Balaban J connectivity index is 2.50. The van der Waals surface area contributed by atoms with Crippen LogP contribution in [0.25, 0.3) is 11.1 Å². The van der Waals surface area contributed by atoms with Crippen molar-refractivity contribution < 1.29 is 9.50 Å². The molecular weight excluding hydrogens is 231 g/mol. The molecule has 0 aliphatic carbocycles. The molecule has 4 heteroatoms. The van der Waals surface area contributed by atoms with Gasteiger partial charge < -0.3 is 10.8 Å². The highest BCUT2D eigenvalue weighted by Gasteiger charge is 2.19. The molecule has 0 aliphatic heterocycles. The van der Waals surface area contributed by atoms with E-state index >= 15 is 0 Å². The maximum absolute atomic E-state index is 12.8. The predicted octanol–water partition coefficient (Wildman–Crippen LogP) is 2.70. The number of nitrogen functional groups attached to an aromatic ring is 1. The van der Waals surface area contributed by atoms with Gasteiger partial charge in [0.05, 0.1) is 5.60 Å². The lowest BCUT2D eigenvalue weighted by atomic mass is 9.93. The molecule has 0 saturated heterocycles. The van der Waals surface area contributed by atoms with E-state index < -0.39 is 11.5 Å². The summed E-state index contributed by atoms with van der Waals surface area (Å²) in [6.45, 7) is 3.34. The van der Waals surface area contributed by atoms with Crippen LogP contribution in [0.3, 0.4) is 0 Å². The third kappa shape index (κ3) is 2.49. The zero-order chi connectivity index (χ0) is 13.3. The summed E-state index contributed by atoms with van der Waals surface area (Å²) < 4.78 is 12.8. The van der Waals surface area contributed by atoms with Crippen LogP contribution in [-0.4, -0.2) is 10.1 Å². The first-order valence-corrected chi connectivity index (χ1v) is 5.62. The summed E-state index contributed by atoms with van der Waals surface area (Å²) in [6.07, 6.45) is 1.45. The quantitative estimate of drug-likeness (QED) is 0.632. The number of pyridine rings is 1. The van der Waals surface area contributed by atoms with Crippen LogP contribution in [0, 0.1) is 5.95 Å². The van der Waals surface area contributed by atoms with E-state index in [1.807, 2.05) is 6.07 Å². The summed E-state index contributed by atoms with van der Waals surface area (Å²) in [5, 5.41) is 10.0. The van der Waals surface area contributed by atoms with Gasteiger partial charge in [-0.15, -0.1) is 0 Å². The third-order valence-corrected chi connectivity index (χ3v) is 2.77. The fourth-order valence-corrected chi connectivity index (χ4v) is 1.81. The summed E-state index contributed by atoms with van der Waals surface area (Å²) in [7, 11) is 0. The van der Waals surface area contributed by atoms with Crippen molar-refractivity contribution >= 4 is 5.69 Å². The van der Waals surface area contributed by atoms with E-state index in [2.05, 4.69) is 4.98 Å². The molecule has 3 N–H and O–H groups in total. The number of nitrogens with zero attached hydrogens (tertiary/aromatic N) is 1. The number of hydrogen-bond acceptors (Lipinski definition) is 3. The highest BCUT2D eigenvalue weighted by atomic mass is 19.1. The Hall–Kier alpha value is -1.94. The summed E-state index contributed by atoms with van der Waals surface area (Å²) >= 11 is 0. The van der Waals surface area contributed by atoms with Crippen LogP contribution >= 0.6 is 0 Å². The van der Waals surface area contributed by atoms with E-state index in [0.717, 1.165) is 11.1 Å². The van der Waals surface area contributed by atoms with Crippen LogP contribution < -0.4 is 5.73 Å². The lowest BCUT2D eigenvalue weighted by Gasteiger charge is -2.20. The van der Waals surface area contributed by atoms with Gasteiger partial charge in [0.25, 0.3) is 0 Å². The second-order valence-electron chi connectivity index (χ2n) is 4.73. The molecule has 0 aliphatic rings. The smallest absolute Gasteiger partial charge is 0.212 e. The highest BCUT2D eigenvalue weighted by molar-refractivity contribution is 5.67. The van der Waals surface area contributed by atoms with Gasteiger partial charge in [-0.25, -0.2) is 4.98 Å². The summed E-state index contributed by atoms with van der Waals surface area (Å²) in [5.41, 5.74) is 7.61. The first-order chi connectivity index (χ1) is 8.38. The molecule has 94 valence electrons. The van der Waals surface area contributed by atoms with Crippen LogP contribution in [0.15, 0.2) is 36.5 Å². The molecule has 0 bridgehead atoms. The van der Waals surface area contributed by atoms with Gasteiger partial charge in [-0.1, -0.05) is 6.07 Å². The Morgan fingerprint density at radius 3 is 2.39 bits per heavy atom. The van der Waals surface area contributed by atoms with Gasteiger partial charge in [0.1, 0.15) is 0 Å². The largest absolute Gasteiger partial charge is 0.398 e. The Kier molecular flexibility index (Phi) is 3.05. The monoisotopic (exact) mass is 246 g/mol. The SMILES string of the molecule is CC(C)(O)c1cc(-c2ccc(F)nc2)ccc1N. The highest BCUT2D eigenvalue weighted by Crippen LogP contribution is 2.30. The van der Waals surface area contributed by atoms with Crippen molar-refractivity contribution in [1.82, 2.24) is 4.98 Å². The molecule has 0 radical (unpaired) electrons. The lowest BCUT2D eigenvalue weighted by molar-refractivity contribution is 0.0794. The minimum atomic E-state index is -1.02. The molecule has 0 unspecified atom stereocenters. The predicted molar refractivity (Wildman–Crippen MR) is 69.3 cm³/mol. The molecule has 2 aromatic rings. The van der Waals surface area contributed by atoms with Crippen LogP contribution in [-0.2, 0) is 5.60 Å². The van der Waals surface area contributed by atoms with Gasteiger partial charge in [0, 0.05) is 23.0 Å². The molecule has 0 fully saturated rings. The van der Waals surface area contributed by atoms with Gasteiger partial charge in [-0.2, -0.15) is 4.39 Å². The van der Waals surface area contributed by atoms with E-state index in [0.29, 0.717) is 11.3 Å². The van der Waals surface area contributed by atoms with Crippen molar-refractivity contribution in [3.8, 4) is 11.1 Å². The zero-order valence-electron chi connectivity index (χ0n) is 10.3. The fraction of sp³-hybridized carbons (Fsp3) is 0.214. The molecule has 0 spiro atoms. The van der Waals surface area contributed by atoms with Crippen molar-refractivity contribution in [3.63, 3.8) is 0 Å². The Morgan fingerprint density at radius 1 is 1.17 bits per heavy atom. The molecule has 1 aromatic carbocycles. The van der Waals surface area contributed by atoms with E-state index in [1.54, 1.807) is 32.0 Å². The number of benzene rings is 1. The van der Waals surface area contributed by atoms with Crippen LogP contribution in [0.2, 0.25) is 0 Å². The number of anilines is 1. The lowest BCUT2D eigenvalue weighted by Crippen LogP contribution is -2.17. The van der Waals surface area contributed by atoms with Crippen LogP contribution in [0.1, 0.15) is 19.4 Å². The minimum Gasteiger partial charge on any atom is -0.398 e. The molecule has 0 amide bonds. The number of rotatable bonds is 2. The molecule has 3 nitrogen and oxygen atoms in total. The average Bonchev–Trinajstić information content (AvgIpc) is 2.29. The van der Waals surface area contributed by atoms with E-state index in [-0.39, 0.29) is 0 Å². The molecule has 2 rings (SSSR count). The molecule has 1 aromatic heterocycles. The van der Waals surface area contributed by atoms with Gasteiger partial charge in [-0.3, -0.25) is 0 Å². The molecule has 1 heterocycles. The van der Waals surface area contributed by atoms with Gasteiger partial charge in [-0.05, 0) is 43.7 Å². The third-order valence-electron chi connectivity index (χ3n) is 2.77. The molecule has 18 heavy (non-hydrogen) atoms. The Labute approximate surface area is 105 Å². The first kappa shape index (κ1) is 12.5. The van der Waals surface area contributed by atoms with Crippen molar-refractivity contribution in [2.24, 2.45) is 0 Å². The van der Waals surface area contributed by atoms with Crippen molar-refractivity contribution in [3.05, 3.63) is 48.0 Å². The number of halogens is 1. The van der Waals surface area contributed by atoms with Crippen molar-refractivity contribution in [2.45, 2.75) is 19.4 Å². The second-order valence-corrected chi connectivity index (χ2v) is 4.73. The standard InChI is InChI=1S/C14H15FN2O/c1-14(2,18)11-7-9(3-5-12(11)16)10-4-6-13(15)17-8-10/h3-8,18H,16H2,1-2H3. The average molecular weight is 246 g/mol. The van der Waals surface area contributed by atoms with Crippen LogP contribution in [0.4, 0.5) is 10.1 Å². The maximum atomic E-state index is 12.8. The van der Waals surface area contributed by atoms with Gasteiger partial charge >= 0.3 is 0 Å². The summed E-state index contributed by atoms with van der Waals surface area (Å²) in [6, 6.07) is 8.28. The first-order valence-electron chi connectivity index (χ1n) is 5.62. The molecule has 0 atom stereocenters. The summed E-state index contributed by atoms with van der Waals surface area (Å²) in [5.74, 6) is -0.517. The van der Waals surface area contributed by atoms with Gasteiger partial charge in [0.15, 0.2) is 0 Å². The Morgan fingerprint density at radius 2 is 1.83 bits per heavy atom. The maximum Gasteiger partial charge on any atom is 0.212 e. The van der Waals surface area contributed by atoms with Crippen molar-refractivity contribution in [1.29, 1.82) is 0 Å². The number of aliphatic hydroxyl groups is 1.